The van der Waals surface area contributed by atoms with E-state index in [0.29, 0.717) is 27.6 Å². The van der Waals surface area contributed by atoms with Gasteiger partial charge in [0.2, 0.25) is 5.91 Å². The lowest BCUT2D eigenvalue weighted by Gasteiger charge is -2.10. The van der Waals surface area contributed by atoms with Crippen LogP contribution in [-0.4, -0.2) is 18.4 Å². The van der Waals surface area contributed by atoms with Crippen molar-refractivity contribution in [2.45, 2.75) is 25.7 Å². The van der Waals surface area contributed by atoms with Crippen LogP contribution in [0.4, 0.5) is 0 Å². The lowest BCUT2D eigenvalue weighted by atomic mass is 10.0. The van der Waals surface area contributed by atoms with Crippen LogP contribution < -0.4 is 15.6 Å². The molecule has 0 saturated heterocycles. The Morgan fingerprint density at radius 2 is 1.83 bits per heavy atom. The Kier molecular flexibility index (Phi) is 4.97. The molecular formula is C16H18Cl2N2O3. The molecule has 2 N–H and O–H groups in total. The molecule has 2 aliphatic carbocycles. The molecule has 0 radical (unpaired) electrons. The van der Waals surface area contributed by atoms with Gasteiger partial charge in [-0.3, -0.25) is 20.4 Å². The highest BCUT2D eigenvalue weighted by Crippen LogP contribution is 2.55. The number of halogens is 2. The lowest BCUT2D eigenvalue weighted by molar-refractivity contribution is -0.130. The molecule has 2 saturated carbocycles. The van der Waals surface area contributed by atoms with E-state index < -0.39 is 5.91 Å². The monoisotopic (exact) mass is 356 g/mol. The Hall–Kier alpha value is -1.46. The number of ether oxygens (including phenoxy) is 1. The zero-order valence-corrected chi connectivity index (χ0v) is 14.0. The maximum atomic E-state index is 12.0. The van der Waals surface area contributed by atoms with Gasteiger partial charge in [0.15, 0.2) is 6.61 Å². The summed E-state index contributed by atoms with van der Waals surface area (Å²) in [7, 11) is 0. The van der Waals surface area contributed by atoms with Crippen LogP contribution in [0.2, 0.25) is 10.0 Å². The van der Waals surface area contributed by atoms with Crippen LogP contribution in [0.1, 0.15) is 25.7 Å². The molecule has 7 heteroatoms. The number of hydrogen-bond donors (Lipinski definition) is 2. The molecule has 1 aromatic carbocycles. The molecule has 0 spiro atoms. The van der Waals surface area contributed by atoms with E-state index in [0.717, 1.165) is 12.8 Å². The first-order valence-electron chi connectivity index (χ1n) is 7.73. The molecule has 0 heterocycles. The summed E-state index contributed by atoms with van der Waals surface area (Å²) in [5.74, 6) is 0.900. The molecule has 5 nitrogen and oxygen atoms in total. The lowest BCUT2D eigenvalue weighted by Crippen LogP contribution is -2.44. The van der Waals surface area contributed by atoms with E-state index in [1.165, 1.54) is 18.9 Å². The molecule has 2 amide bonds. The molecule has 1 aromatic rings. The van der Waals surface area contributed by atoms with E-state index >= 15 is 0 Å². The number of rotatable bonds is 4. The number of nitrogens with one attached hydrogen (secondary N) is 2. The summed E-state index contributed by atoms with van der Waals surface area (Å²) in [6.45, 7) is -0.237. The van der Waals surface area contributed by atoms with Crippen molar-refractivity contribution in [2.24, 2.45) is 17.8 Å². The van der Waals surface area contributed by atoms with Crippen LogP contribution in [0.3, 0.4) is 0 Å². The molecule has 0 unspecified atom stereocenters. The number of amides is 2. The first-order valence-corrected chi connectivity index (χ1v) is 8.48. The van der Waals surface area contributed by atoms with Crippen LogP contribution in [0.25, 0.3) is 0 Å². The van der Waals surface area contributed by atoms with Gasteiger partial charge in [-0.2, -0.15) is 0 Å². The minimum atomic E-state index is -0.437. The van der Waals surface area contributed by atoms with Gasteiger partial charge in [0.05, 0.1) is 5.02 Å². The van der Waals surface area contributed by atoms with Gasteiger partial charge in [-0.05, 0) is 42.9 Å². The number of carbonyl (C=O) groups excluding carboxylic acids is 2. The van der Waals surface area contributed by atoms with Crippen molar-refractivity contribution in [3.8, 4) is 5.75 Å². The fourth-order valence-corrected chi connectivity index (χ4v) is 3.83. The van der Waals surface area contributed by atoms with Crippen LogP contribution in [-0.2, 0) is 9.59 Å². The van der Waals surface area contributed by atoms with Gasteiger partial charge >= 0.3 is 0 Å². The Bertz CT molecular complexity index is 611. The summed E-state index contributed by atoms with van der Waals surface area (Å²) < 4.78 is 5.30. The second-order valence-corrected chi connectivity index (χ2v) is 6.88. The highest BCUT2D eigenvalue weighted by atomic mass is 35.5. The molecular weight excluding hydrogens is 339 g/mol. The van der Waals surface area contributed by atoms with Gasteiger partial charge in [-0.1, -0.05) is 36.0 Å². The van der Waals surface area contributed by atoms with Crippen LogP contribution in [0.5, 0.6) is 5.75 Å². The summed E-state index contributed by atoms with van der Waals surface area (Å²) in [6.07, 6.45) is 4.64. The van der Waals surface area contributed by atoms with E-state index in [-0.39, 0.29) is 18.4 Å². The first-order chi connectivity index (χ1) is 11.1. The summed E-state index contributed by atoms with van der Waals surface area (Å²) in [4.78, 5) is 23.8. The van der Waals surface area contributed by atoms with Gasteiger partial charge in [0, 0.05) is 10.9 Å². The van der Waals surface area contributed by atoms with E-state index in [2.05, 4.69) is 10.9 Å². The van der Waals surface area contributed by atoms with Crippen molar-refractivity contribution in [3.05, 3.63) is 28.2 Å². The fraction of sp³-hybridized carbons (Fsp3) is 0.500. The zero-order chi connectivity index (χ0) is 16.4. The maximum Gasteiger partial charge on any atom is 0.276 e. The van der Waals surface area contributed by atoms with Crippen molar-refractivity contribution in [3.63, 3.8) is 0 Å². The van der Waals surface area contributed by atoms with Gasteiger partial charge in [0.1, 0.15) is 5.75 Å². The molecule has 2 aliphatic rings. The van der Waals surface area contributed by atoms with Gasteiger partial charge in [-0.15, -0.1) is 0 Å². The zero-order valence-electron chi connectivity index (χ0n) is 12.5. The van der Waals surface area contributed by atoms with E-state index in [1.807, 2.05) is 0 Å². The normalized spacial score (nSPS) is 25.2. The van der Waals surface area contributed by atoms with E-state index in [4.69, 9.17) is 27.9 Å². The van der Waals surface area contributed by atoms with Gasteiger partial charge in [-0.25, -0.2) is 0 Å². The third-order valence-corrected chi connectivity index (χ3v) is 5.07. The average molecular weight is 357 g/mol. The number of carbonyl (C=O) groups is 2. The highest BCUT2D eigenvalue weighted by Gasteiger charge is 2.54. The smallest absolute Gasteiger partial charge is 0.276 e. The SMILES string of the molecule is O=C(COc1ccc(Cl)cc1Cl)NNC(=O)C1[C@H]2CCCC[C@H]12. The standard InChI is InChI=1S/C16H18Cl2N2O3/c17-9-5-6-13(12(18)7-9)23-8-14(21)19-20-16(22)15-10-3-1-2-4-11(10)15/h5-7,10-11,15H,1-4,8H2,(H,19,21)(H,20,22)/t10-,11-/m0/s1. The number of fused-ring (bicyclic) bond motifs is 1. The topological polar surface area (TPSA) is 67.4 Å². The minimum Gasteiger partial charge on any atom is -0.482 e. The Morgan fingerprint density at radius 1 is 1.13 bits per heavy atom. The summed E-state index contributed by atoms with van der Waals surface area (Å²) in [5.41, 5.74) is 4.87. The molecule has 2 atom stereocenters. The number of hydrogen-bond acceptors (Lipinski definition) is 3. The highest BCUT2D eigenvalue weighted by molar-refractivity contribution is 6.35. The third-order valence-electron chi connectivity index (χ3n) is 4.54. The van der Waals surface area contributed by atoms with Gasteiger partial charge < -0.3 is 4.74 Å². The van der Waals surface area contributed by atoms with Crippen molar-refractivity contribution in [1.29, 1.82) is 0 Å². The molecule has 3 rings (SSSR count). The second kappa shape index (κ2) is 6.97. The van der Waals surface area contributed by atoms with E-state index in [1.54, 1.807) is 12.1 Å². The first kappa shape index (κ1) is 16.4. The molecule has 0 bridgehead atoms. The number of benzene rings is 1. The van der Waals surface area contributed by atoms with Crippen molar-refractivity contribution >= 4 is 35.0 Å². The second-order valence-electron chi connectivity index (χ2n) is 6.04. The summed E-state index contributed by atoms with van der Waals surface area (Å²) in [5, 5.41) is 0.821. The van der Waals surface area contributed by atoms with E-state index in [9.17, 15) is 9.59 Å². The molecule has 124 valence electrons. The van der Waals surface area contributed by atoms with Crippen LogP contribution >= 0.6 is 23.2 Å². The molecule has 0 aliphatic heterocycles. The summed E-state index contributed by atoms with van der Waals surface area (Å²) in [6, 6.07) is 4.75. The predicted octanol–water partition coefficient (Wildman–Crippen LogP) is 2.96. The third kappa shape index (κ3) is 3.90. The van der Waals surface area contributed by atoms with Crippen molar-refractivity contribution < 1.29 is 14.3 Å². The van der Waals surface area contributed by atoms with Gasteiger partial charge in [0.25, 0.3) is 5.91 Å². The molecule has 0 aromatic heterocycles. The number of hydrazine groups is 1. The fourth-order valence-electron chi connectivity index (χ4n) is 3.37. The Labute approximate surface area is 144 Å². The predicted molar refractivity (Wildman–Crippen MR) is 87.2 cm³/mol. The quantitative estimate of drug-likeness (QED) is 0.815. The average Bonchev–Trinajstić information content (AvgIpc) is 3.26. The molecule has 2 fully saturated rings. The van der Waals surface area contributed by atoms with Crippen LogP contribution in [0, 0.1) is 17.8 Å². The maximum absolute atomic E-state index is 12.0. The minimum absolute atomic E-state index is 0.0597. The van der Waals surface area contributed by atoms with Crippen LogP contribution in [0.15, 0.2) is 18.2 Å². The summed E-state index contributed by atoms with van der Waals surface area (Å²) >= 11 is 11.7. The largest absolute Gasteiger partial charge is 0.482 e. The molecule has 23 heavy (non-hydrogen) atoms. The van der Waals surface area contributed by atoms with Crippen molar-refractivity contribution in [2.75, 3.05) is 6.61 Å². The Balaban J connectivity index is 1.40. The Morgan fingerprint density at radius 3 is 2.48 bits per heavy atom. The van der Waals surface area contributed by atoms with Crippen molar-refractivity contribution in [1.82, 2.24) is 10.9 Å².